The Morgan fingerprint density at radius 1 is 1.39 bits per heavy atom. The van der Waals surface area contributed by atoms with Gasteiger partial charge in [-0.15, -0.1) is 0 Å². The molecular weight excluding hydrogens is 238 g/mol. The highest BCUT2D eigenvalue weighted by Gasteiger charge is 2.48. The zero-order valence-electron chi connectivity index (χ0n) is 9.67. The second-order valence-corrected chi connectivity index (χ2v) is 4.37. The normalized spacial score (nSPS) is 16.5. The Labute approximate surface area is 103 Å². The monoisotopic (exact) mass is 250 g/mol. The first-order valence-electron chi connectivity index (χ1n) is 5.71. The molecule has 0 heterocycles. The third kappa shape index (κ3) is 1.84. The third-order valence-corrected chi connectivity index (χ3v) is 3.41. The molecule has 5 heteroatoms. The van der Waals surface area contributed by atoms with E-state index in [9.17, 15) is 13.6 Å². The highest BCUT2D eigenvalue weighted by Crippen LogP contribution is 2.45. The van der Waals surface area contributed by atoms with Crippen molar-refractivity contribution in [1.29, 1.82) is 5.26 Å². The Morgan fingerprint density at radius 3 is 2.44 bits per heavy atom. The zero-order valence-corrected chi connectivity index (χ0v) is 9.67. The molecule has 0 aromatic heterocycles. The molecule has 3 nitrogen and oxygen atoms in total. The van der Waals surface area contributed by atoms with Crippen LogP contribution < -0.4 is 5.32 Å². The Hall–Kier alpha value is -1.96. The molecule has 94 valence electrons. The van der Waals surface area contributed by atoms with Crippen LogP contribution in [0.15, 0.2) is 18.2 Å². The number of nitrogens with one attached hydrogen (secondary N) is 1. The maximum absolute atomic E-state index is 13.8. The summed E-state index contributed by atoms with van der Waals surface area (Å²) in [6, 6.07) is 5.35. The molecule has 0 saturated heterocycles. The van der Waals surface area contributed by atoms with Gasteiger partial charge in [-0.1, -0.05) is 12.5 Å². The first-order chi connectivity index (χ1) is 8.62. The van der Waals surface area contributed by atoms with E-state index in [0.29, 0.717) is 12.8 Å². The Balaban J connectivity index is 2.39. The van der Waals surface area contributed by atoms with E-state index < -0.39 is 23.0 Å². The minimum Gasteiger partial charge on any atom is -0.342 e. The van der Waals surface area contributed by atoms with E-state index in [-0.39, 0.29) is 12.1 Å². The van der Waals surface area contributed by atoms with Crippen LogP contribution in [0.2, 0.25) is 0 Å². The number of carbonyl (C=O) groups excluding carboxylic acids is 1. The molecular formula is C13H12F2N2O. The predicted molar refractivity (Wildman–Crippen MR) is 60.5 cm³/mol. The summed E-state index contributed by atoms with van der Waals surface area (Å²) in [5.74, 6) is -1.89. The minimum absolute atomic E-state index is 0.156. The molecule has 1 aliphatic rings. The van der Waals surface area contributed by atoms with E-state index in [4.69, 9.17) is 5.26 Å². The molecule has 0 spiro atoms. The fourth-order valence-corrected chi connectivity index (χ4v) is 2.36. The van der Waals surface area contributed by atoms with Crippen LogP contribution in [-0.2, 0) is 10.2 Å². The van der Waals surface area contributed by atoms with E-state index in [1.807, 2.05) is 0 Å². The summed E-state index contributed by atoms with van der Waals surface area (Å²) >= 11 is 0. The van der Waals surface area contributed by atoms with Crippen LogP contribution in [-0.4, -0.2) is 12.5 Å². The van der Waals surface area contributed by atoms with Crippen LogP contribution in [0.4, 0.5) is 8.78 Å². The molecule has 0 bridgehead atoms. The minimum atomic E-state index is -1.15. The lowest BCUT2D eigenvalue weighted by atomic mass is 9.63. The lowest BCUT2D eigenvalue weighted by Crippen LogP contribution is -2.50. The molecule has 0 radical (unpaired) electrons. The fraction of sp³-hybridized carbons (Fsp3) is 0.385. The van der Waals surface area contributed by atoms with Gasteiger partial charge in [0.25, 0.3) is 0 Å². The number of nitriles is 1. The van der Waals surface area contributed by atoms with Crippen molar-refractivity contribution in [2.24, 2.45) is 0 Å². The highest BCUT2D eigenvalue weighted by molar-refractivity contribution is 5.89. The summed E-state index contributed by atoms with van der Waals surface area (Å²) in [7, 11) is 0. The van der Waals surface area contributed by atoms with E-state index in [0.717, 1.165) is 18.6 Å². The van der Waals surface area contributed by atoms with Gasteiger partial charge in [-0.3, -0.25) is 4.79 Å². The van der Waals surface area contributed by atoms with E-state index in [1.54, 1.807) is 6.07 Å². The number of nitrogens with zero attached hydrogens (tertiary/aromatic N) is 1. The molecule has 2 rings (SSSR count). The second kappa shape index (κ2) is 4.73. The number of halogens is 2. The summed E-state index contributed by atoms with van der Waals surface area (Å²) < 4.78 is 27.5. The molecule has 1 aliphatic carbocycles. The molecule has 18 heavy (non-hydrogen) atoms. The number of benzene rings is 1. The maximum atomic E-state index is 13.8. The molecule has 1 fully saturated rings. The van der Waals surface area contributed by atoms with E-state index >= 15 is 0 Å². The van der Waals surface area contributed by atoms with Gasteiger partial charge >= 0.3 is 0 Å². The summed E-state index contributed by atoms with van der Waals surface area (Å²) in [5, 5.41) is 10.8. The standard InChI is InChI=1S/C13H12F2N2O/c14-9-3-1-4-10(15)11(9)13(5-2-6-13)12(18)17-8-7-16/h1,3-4H,2,5-6,8H2,(H,17,18). The molecule has 1 amide bonds. The number of hydrogen-bond acceptors (Lipinski definition) is 2. The Kier molecular flexibility index (Phi) is 3.28. The van der Waals surface area contributed by atoms with Gasteiger partial charge in [0.2, 0.25) is 5.91 Å². The quantitative estimate of drug-likeness (QED) is 0.834. The topological polar surface area (TPSA) is 52.9 Å². The van der Waals surface area contributed by atoms with Crippen molar-refractivity contribution in [3.05, 3.63) is 35.4 Å². The van der Waals surface area contributed by atoms with E-state index in [2.05, 4.69) is 5.32 Å². The van der Waals surface area contributed by atoms with Gasteiger partial charge in [0, 0.05) is 5.56 Å². The van der Waals surface area contributed by atoms with E-state index in [1.165, 1.54) is 6.07 Å². The van der Waals surface area contributed by atoms with Gasteiger partial charge in [0.1, 0.15) is 18.2 Å². The van der Waals surface area contributed by atoms with Crippen molar-refractivity contribution in [3.8, 4) is 6.07 Å². The largest absolute Gasteiger partial charge is 0.342 e. The zero-order chi connectivity index (χ0) is 13.2. The van der Waals surface area contributed by atoms with Crippen LogP contribution in [0.25, 0.3) is 0 Å². The van der Waals surface area contributed by atoms with Crippen molar-refractivity contribution in [2.45, 2.75) is 24.7 Å². The molecule has 0 unspecified atom stereocenters. The fourth-order valence-electron chi connectivity index (χ4n) is 2.36. The van der Waals surface area contributed by atoms with Gasteiger partial charge in [-0.05, 0) is 25.0 Å². The molecule has 1 N–H and O–H groups in total. The SMILES string of the molecule is N#CCNC(=O)C1(c2c(F)cccc2F)CCC1. The molecule has 1 saturated carbocycles. The Bertz CT molecular complexity index is 498. The van der Waals surface area contributed by atoms with Crippen molar-refractivity contribution in [2.75, 3.05) is 6.54 Å². The molecule has 0 aliphatic heterocycles. The lowest BCUT2D eigenvalue weighted by Gasteiger charge is -2.40. The van der Waals surface area contributed by atoms with Crippen molar-refractivity contribution < 1.29 is 13.6 Å². The van der Waals surface area contributed by atoms with Crippen LogP contribution in [0.3, 0.4) is 0 Å². The summed E-state index contributed by atoms with van der Waals surface area (Å²) in [6.45, 7) is -0.156. The van der Waals surface area contributed by atoms with Crippen LogP contribution in [0.5, 0.6) is 0 Å². The van der Waals surface area contributed by atoms with Gasteiger partial charge < -0.3 is 5.32 Å². The third-order valence-electron chi connectivity index (χ3n) is 3.41. The lowest BCUT2D eigenvalue weighted by molar-refractivity contribution is -0.130. The average Bonchev–Trinajstić information content (AvgIpc) is 2.28. The number of hydrogen-bond donors (Lipinski definition) is 1. The Morgan fingerprint density at radius 2 is 2.00 bits per heavy atom. The number of rotatable bonds is 3. The van der Waals surface area contributed by atoms with Crippen LogP contribution >= 0.6 is 0 Å². The maximum Gasteiger partial charge on any atom is 0.231 e. The van der Waals surface area contributed by atoms with Gasteiger partial charge in [-0.2, -0.15) is 5.26 Å². The number of carbonyl (C=O) groups is 1. The van der Waals surface area contributed by atoms with Crippen LogP contribution in [0, 0.1) is 23.0 Å². The van der Waals surface area contributed by atoms with Crippen molar-refractivity contribution in [1.82, 2.24) is 5.32 Å². The van der Waals surface area contributed by atoms with Crippen molar-refractivity contribution >= 4 is 5.91 Å². The predicted octanol–water partition coefficient (Wildman–Crippen LogP) is 2.03. The second-order valence-electron chi connectivity index (χ2n) is 4.37. The molecule has 1 aromatic carbocycles. The summed E-state index contributed by atoms with van der Waals surface area (Å²) in [4.78, 5) is 12.0. The van der Waals surface area contributed by atoms with Gasteiger partial charge in [-0.25, -0.2) is 8.78 Å². The molecule has 0 atom stereocenters. The highest BCUT2D eigenvalue weighted by atomic mass is 19.1. The first kappa shape index (κ1) is 12.5. The smallest absolute Gasteiger partial charge is 0.231 e. The summed E-state index contributed by atoms with van der Waals surface area (Å²) in [6.07, 6.45) is 1.55. The molecule has 1 aromatic rings. The first-order valence-corrected chi connectivity index (χ1v) is 5.71. The van der Waals surface area contributed by atoms with Crippen LogP contribution in [0.1, 0.15) is 24.8 Å². The average molecular weight is 250 g/mol. The van der Waals surface area contributed by atoms with Crippen molar-refractivity contribution in [3.63, 3.8) is 0 Å². The number of amides is 1. The summed E-state index contributed by atoms with van der Waals surface area (Å²) in [5.41, 5.74) is -1.32. The van der Waals surface area contributed by atoms with Gasteiger partial charge in [0.05, 0.1) is 11.5 Å². The van der Waals surface area contributed by atoms with Gasteiger partial charge in [0.15, 0.2) is 0 Å².